The van der Waals surface area contributed by atoms with Crippen LogP contribution in [0.15, 0.2) is 57.9 Å². The van der Waals surface area contributed by atoms with Gasteiger partial charge in [0.2, 0.25) is 0 Å². The number of nitrogens with two attached hydrogens (primary N) is 1. The average Bonchev–Trinajstić information content (AvgIpc) is 3.25. The lowest BCUT2D eigenvalue weighted by Gasteiger charge is -2.19. The fourth-order valence-electron chi connectivity index (χ4n) is 4.47. The molecule has 0 spiro atoms. The third-order valence-corrected chi connectivity index (χ3v) is 6.22. The summed E-state index contributed by atoms with van der Waals surface area (Å²) < 4.78 is 14.2. The van der Waals surface area contributed by atoms with Crippen LogP contribution < -0.4 is 15.9 Å². The summed E-state index contributed by atoms with van der Waals surface area (Å²) in [5.74, 6) is -0.229. The molecule has 2 N–H and O–H groups in total. The van der Waals surface area contributed by atoms with E-state index in [1.165, 1.54) is 12.1 Å². The molecule has 0 saturated carbocycles. The van der Waals surface area contributed by atoms with Crippen molar-refractivity contribution in [3.8, 4) is 23.1 Å². The summed E-state index contributed by atoms with van der Waals surface area (Å²) in [4.78, 5) is 29.4. The summed E-state index contributed by atoms with van der Waals surface area (Å²) in [5.41, 5.74) is 9.18. The van der Waals surface area contributed by atoms with Gasteiger partial charge in [-0.1, -0.05) is 0 Å². The first-order valence-corrected chi connectivity index (χ1v) is 11.6. The van der Waals surface area contributed by atoms with Gasteiger partial charge >= 0.3 is 0 Å². The zero-order valence-electron chi connectivity index (χ0n) is 20.7. The summed E-state index contributed by atoms with van der Waals surface area (Å²) in [7, 11) is 1.85. The Bertz CT molecular complexity index is 1830. The van der Waals surface area contributed by atoms with E-state index in [0.29, 0.717) is 27.9 Å². The molecule has 1 atom stereocenters. The van der Waals surface area contributed by atoms with Gasteiger partial charge in [0.15, 0.2) is 16.9 Å². The van der Waals surface area contributed by atoms with Crippen molar-refractivity contribution in [1.29, 1.82) is 5.26 Å². The van der Waals surface area contributed by atoms with Crippen molar-refractivity contribution in [2.45, 2.75) is 26.9 Å². The molecule has 5 aromatic rings. The van der Waals surface area contributed by atoms with Crippen LogP contribution in [-0.2, 0) is 7.05 Å². The largest absolute Gasteiger partial charge is 0.483 e. The Morgan fingerprint density at radius 2 is 1.97 bits per heavy atom. The summed E-state index contributed by atoms with van der Waals surface area (Å²) in [5, 5.41) is 14.9. The van der Waals surface area contributed by atoms with Gasteiger partial charge in [-0.3, -0.25) is 14.3 Å². The number of hydrogen-bond acceptors (Lipinski definition) is 7. The monoisotopic (exact) mass is 493 g/mol. The second kappa shape index (κ2) is 8.91. The Morgan fingerprint density at radius 3 is 2.70 bits per heavy atom. The van der Waals surface area contributed by atoms with E-state index in [0.717, 1.165) is 22.0 Å². The Labute approximate surface area is 211 Å². The number of benzene rings is 2. The van der Waals surface area contributed by atoms with E-state index >= 15 is 0 Å². The van der Waals surface area contributed by atoms with E-state index in [1.54, 1.807) is 24.6 Å². The fraction of sp³-hybridized carbons (Fsp3) is 0.179. The number of ether oxygens (including phenoxy) is 1. The minimum Gasteiger partial charge on any atom is -0.483 e. The van der Waals surface area contributed by atoms with Crippen LogP contribution in [0, 0.1) is 25.2 Å². The SMILES string of the molecule is Cc1cc([C@@H](C)Oc2ccc(C#N)nc2C(N)=O)c2oc(-c3ccc4nn(C)cc4c3)c(C)c(=O)c2c1. The standard InChI is InChI=1S/C28H23N5O4/c1-14-9-20(16(3)36-23-8-6-19(12-29)31-24(23)28(30)35)27-21(10-14)25(34)15(2)26(37-27)17-5-7-22-18(11-17)13-33(4)32-22/h5-11,13,16H,1-4H3,(H2,30,35)/t16-/m1/s1. The van der Waals surface area contributed by atoms with E-state index in [2.05, 4.69) is 10.1 Å². The highest BCUT2D eigenvalue weighted by molar-refractivity contribution is 5.93. The molecule has 0 bridgehead atoms. The van der Waals surface area contributed by atoms with Gasteiger partial charge in [0, 0.05) is 35.3 Å². The first-order chi connectivity index (χ1) is 17.7. The third-order valence-electron chi connectivity index (χ3n) is 6.22. The predicted octanol–water partition coefficient (Wildman–Crippen LogP) is 4.47. The Balaban J connectivity index is 1.66. The molecule has 1 amide bonds. The lowest BCUT2D eigenvalue weighted by atomic mass is 9.99. The van der Waals surface area contributed by atoms with Crippen LogP contribution in [0.3, 0.4) is 0 Å². The van der Waals surface area contributed by atoms with Crippen LogP contribution in [0.5, 0.6) is 5.75 Å². The van der Waals surface area contributed by atoms with Crippen molar-refractivity contribution in [2.75, 3.05) is 0 Å². The number of carbonyl (C=O) groups excluding carboxylic acids is 1. The molecule has 3 aromatic heterocycles. The lowest BCUT2D eigenvalue weighted by Crippen LogP contribution is -2.17. The van der Waals surface area contributed by atoms with E-state index in [4.69, 9.17) is 20.1 Å². The Kier molecular flexibility index (Phi) is 5.72. The Morgan fingerprint density at radius 1 is 1.19 bits per heavy atom. The van der Waals surface area contributed by atoms with E-state index in [-0.39, 0.29) is 22.6 Å². The maximum atomic E-state index is 13.5. The van der Waals surface area contributed by atoms with Gasteiger partial charge in [-0.2, -0.15) is 10.4 Å². The first kappa shape index (κ1) is 23.8. The molecule has 0 aliphatic carbocycles. The van der Waals surface area contributed by atoms with Crippen LogP contribution in [-0.4, -0.2) is 20.7 Å². The van der Waals surface area contributed by atoms with Crippen LogP contribution >= 0.6 is 0 Å². The topological polar surface area (TPSA) is 137 Å². The zero-order valence-corrected chi connectivity index (χ0v) is 20.7. The van der Waals surface area contributed by atoms with Gasteiger partial charge in [-0.05, 0) is 68.8 Å². The van der Waals surface area contributed by atoms with Crippen molar-refractivity contribution in [2.24, 2.45) is 12.8 Å². The molecule has 0 fully saturated rings. The van der Waals surface area contributed by atoms with E-state index in [1.807, 2.05) is 50.5 Å². The number of fused-ring (bicyclic) bond motifs is 2. The molecule has 9 heteroatoms. The van der Waals surface area contributed by atoms with Crippen LogP contribution in [0.4, 0.5) is 0 Å². The van der Waals surface area contributed by atoms with E-state index < -0.39 is 12.0 Å². The maximum Gasteiger partial charge on any atom is 0.271 e. The molecule has 9 nitrogen and oxygen atoms in total. The number of aromatic nitrogens is 3. The van der Waals surface area contributed by atoms with Gasteiger partial charge in [-0.25, -0.2) is 4.98 Å². The van der Waals surface area contributed by atoms with Crippen molar-refractivity contribution < 1.29 is 13.9 Å². The highest BCUT2D eigenvalue weighted by Crippen LogP contribution is 2.34. The molecular weight excluding hydrogens is 470 g/mol. The highest BCUT2D eigenvalue weighted by Gasteiger charge is 2.22. The molecule has 0 saturated heterocycles. The molecule has 0 aliphatic heterocycles. The first-order valence-electron chi connectivity index (χ1n) is 11.6. The number of primary amides is 1. The van der Waals surface area contributed by atoms with Crippen molar-refractivity contribution in [1.82, 2.24) is 14.8 Å². The minimum atomic E-state index is -0.816. The molecule has 3 heterocycles. The number of amides is 1. The maximum absolute atomic E-state index is 13.5. The quantitative estimate of drug-likeness (QED) is 0.381. The number of nitrogens with zero attached hydrogens (tertiary/aromatic N) is 4. The van der Waals surface area contributed by atoms with Crippen molar-refractivity contribution in [3.63, 3.8) is 0 Å². The average molecular weight is 494 g/mol. The number of hydrogen-bond donors (Lipinski definition) is 1. The summed E-state index contributed by atoms with van der Waals surface area (Å²) in [6.07, 6.45) is 1.26. The molecule has 0 aliphatic rings. The van der Waals surface area contributed by atoms with Crippen molar-refractivity contribution >= 4 is 27.8 Å². The number of nitriles is 1. The smallest absolute Gasteiger partial charge is 0.271 e. The Hall–Kier alpha value is -4.97. The molecular formula is C28H23N5O4. The lowest BCUT2D eigenvalue weighted by molar-refractivity contribution is 0.0988. The summed E-state index contributed by atoms with van der Waals surface area (Å²) >= 11 is 0. The van der Waals surface area contributed by atoms with Crippen LogP contribution in [0.2, 0.25) is 0 Å². The number of carbonyl (C=O) groups is 1. The molecule has 0 radical (unpaired) electrons. The third kappa shape index (κ3) is 4.19. The van der Waals surface area contributed by atoms with Crippen molar-refractivity contribution in [3.05, 3.63) is 87.0 Å². The van der Waals surface area contributed by atoms with Gasteiger partial charge < -0.3 is 14.9 Å². The van der Waals surface area contributed by atoms with Gasteiger partial charge in [0.1, 0.15) is 29.2 Å². The number of pyridine rings is 1. The predicted molar refractivity (Wildman–Crippen MR) is 138 cm³/mol. The normalized spacial score (nSPS) is 12.0. The van der Waals surface area contributed by atoms with Crippen LogP contribution in [0.1, 0.15) is 45.9 Å². The molecule has 37 heavy (non-hydrogen) atoms. The van der Waals surface area contributed by atoms with Crippen LogP contribution in [0.25, 0.3) is 33.2 Å². The van der Waals surface area contributed by atoms with Gasteiger partial charge in [0.05, 0.1) is 10.9 Å². The summed E-state index contributed by atoms with van der Waals surface area (Å²) in [6, 6.07) is 14.2. The second-order valence-corrected chi connectivity index (χ2v) is 8.97. The zero-order chi connectivity index (χ0) is 26.4. The molecule has 0 unspecified atom stereocenters. The molecule has 5 rings (SSSR count). The molecule has 184 valence electrons. The molecule has 2 aromatic carbocycles. The van der Waals surface area contributed by atoms with Gasteiger partial charge in [0.25, 0.3) is 5.91 Å². The summed E-state index contributed by atoms with van der Waals surface area (Å²) in [6.45, 7) is 5.41. The van der Waals surface area contributed by atoms with E-state index in [9.17, 15) is 9.59 Å². The highest BCUT2D eigenvalue weighted by atomic mass is 16.5. The van der Waals surface area contributed by atoms with Gasteiger partial charge in [-0.15, -0.1) is 0 Å². The number of aryl methyl sites for hydroxylation is 2. The number of rotatable bonds is 5. The minimum absolute atomic E-state index is 0.0477. The second-order valence-electron chi connectivity index (χ2n) is 8.97. The fourth-order valence-corrected chi connectivity index (χ4v) is 4.47.